The summed E-state index contributed by atoms with van der Waals surface area (Å²) >= 11 is 6.04. The second kappa shape index (κ2) is 7.19. The van der Waals surface area contributed by atoms with Gasteiger partial charge in [0, 0.05) is 34.1 Å². The zero-order chi connectivity index (χ0) is 17.9. The molecule has 1 amide bonds. The zero-order valence-electron chi connectivity index (χ0n) is 14.3. The number of rotatable bonds is 6. The second-order valence-electron chi connectivity index (χ2n) is 6.65. The highest BCUT2D eigenvalue weighted by Crippen LogP contribution is 2.31. The van der Waals surface area contributed by atoms with Crippen molar-refractivity contribution in [2.24, 2.45) is 0 Å². The minimum Gasteiger partial charge on any atom is -0.484 e. The van der Waals surface area contributed by atoms with E-state index in [1.54, 1.807) is 0 Å². The lowest BCUT2D eigenvalue weighted by atomic mass is 9.84. The summed E-state index contributed by atoms with van der Waals surface area (Å²) in [5, 5.41) is 4.77. The molecule has 0 fully saturated rings. The van der Waals surface area contributed by atoms with Crippen LogP contribution in [-0.2, 0) is 10.2 Å². The van der Waals surface area contributed by atoms with Crippen molar-refractivity contribution >= 4 is 28.4 Å². The molecule has 0 unspecified atom stereocenters. The summed E-state index contributed by atoms with van der Waals surface area (Å²) < 4.78 is 5.47. The molecular weight excluding hydrogens is 336 g/mol. The number of fused-ring (bicyclic) bond motifs is 1. The topological polar surface area (TPSA) is 54.1 Å². The summed E-state index contributed by atoms with van der Waals surface area (Å²) in [7, 11) is 0. The molecular formula is C20H21ClN2O2. The third kappa shape index (κ3) is 4.15. The summed E-state index contributed by atoms with van der Waals surface area (Å²) in [6.07, 6.45) is 1.98. The van der Waals surface area contributed by atoms with Crippen molar-refractivity contribution in [2.75, 3.05) is 13.2 Å². The Morgan fingerprint density at radius 3 is 2.72 bits per heavy atom. The summed E-state index contributed by atoms with van der Waals surface area (Å²) in [6.45, 7) is 4.72. The number of para-hydroxylation sites is 1. The number of hydrogen-bond acceptors (Lipinski definition) is 2. The first-order chi connectivity index (χ1) is 12.0. The quantitative estimate of drug-likeness (QED) is 0.692. The number of nitrogens with one attached hydrogen (secondary N) is 2. The molecule has 0 aliphatic rings. The maximum absolute atomic E-state index is 12.1. The Hall–Kier alpha value is -2.46. The molecule has 0 aliphatic heterocycles. The van der Waals surface area contributed by atoms with Crippen LogP contribution in [-0.4, -0.2) is 24.0 Å². The van der Waals surface area contributed by atoms with Gasteiger partial charge >= 0.3 is 0 Å². The molecule has 0 bridgehead atoms. The minimum absolute atomic E-state index is 0.00356. The van der Waals surface area contributed by atoms with Gasteiger partial charge in [0.25, 0.3) is 5.91 Å². The van der Waals surface area contributed by atoms with E-state index in [0.29, 0.717) is 17.3 Å². The smallest absolute Gasteiger partial charge is 0.257 e. The van der Waals surface area contributed by atoms with Crippen molar-refractivity contribution in [3.8, 4) is 5.75 Å². The molecule has 1 heterocycles. The number of benzene rings is 2. The Morgan fingerprint density at radius 2 is 1.96 bits per heavy atom. The second-order valence-corrected chi connectivity index (χ2v) is 7.09. The van der Waals surface area contributed by atoms with Gasteiger partial charge in [0.1, 0.15) is 5.75 Å². The number of amides is 1. The maximum atomic E-state index is 12.1. The Morgan fingerprint density at radius 1 is 1.20 bits per heavy atom. The first-order valence-electron chi connectivity index (χ1n) is 8.17. The highest BCUT2D eigenvalue weighted by molar-refractivity contribution is 6.31. The fourth-order valence-corrected chi connectivity index (χ4v) is 2.96. The molecule has 0 saturated carbocycles. The molecule has 0 spiro atoms. The van der Waals surface area contributed by atoms with E-state index in [1.807, 2.05) is 54.7 Å². The molecule has 1 aromatic heterocycles. The van der Waals surface area contributed by atoms with Gasteiger partial charge in [-0.1, -0.05) is 49.7 Å². The lowest BCUT2D eigenvalue weighted by molar-refractivity contribution is -0.123. The van der Waals surface area contributed by atoms with Crippen LogP contribution in [0.25, 0.3) is 10.9 Å². The van der Waals surface area contributed by atoms with Crippen molar-refractivity contribution in [3.63, 3.8) is 0 Å². The number of aromatic amines is 1. The van der Waals surface area contributed by atoms with E-state index >= 15 is 0 Å². The van der Waals surface area contributed by atoms with E-state index in [1.165, 1.54) is 0 Å². The normalized spacial score (nSPS) is 11.5. The van der Waals surface area contributed by atoms with E-state index < -0.39 is 0 Å². The van der Waals surface area contributed by atoms with Gasteiger partial charge in [-0.15, -0.1) is 0 Å². The molecule has 5 heteroatoms. The summed E-state index contributed by atoms with van der Waals surface area (Å²) in [4.78, 5) is 15.3. The fourth-order valence-electron chi connectivity index (χ4n) is 2.79. The monoisotopic (exact) mass is 356 g/mol. The highest BCUT2D eigenvalue weighted by Gasteiger charge is 2.24. The van der Waals surface area contributed by atoms with Crippen molar-refractivity contribution in [3.05, 3.63) is 65.3 Å². The Labute approximate surface area is 152 Å². The highest BCUT2D eigenvalue weighted by atomic mass is 35.5. The van der Waals surface area contributed by atoms with Gasteiger partial charge in [-0.25, -0.2) is 0 Å². The zero-order valence-corrected chi connectivity index (χ0v) is 15.1. The summed E-state index contributed by atoms with van der Waals surface area (Å²) in [5.41, 5.74) is 1.91. The SMILES string of the molecule is CC(C)(CNC(=O)COc1ccccc1)c1c[nH]c2cc(Cl)ccc12. The minimum atomic E-state index is -0.228. The average Bonchev–Trinajstić information content (AvgIpc) is 3.03. The van der Waals surface area contributed by atoms with Crippen molar-refractivity contribution in [1.82, 2.24) is 10.3 Å². The molecule has 3 aromatic rings. The van der Waals surface area contributed by atoms with Gasteiger partial charge in [0.05, 0.1) is 0 Å². The van der Waals surface area contributed by atoms with E-state index in [2.05, 4.69) is 24.1 Å². The molecule has 0 radical (unpaired) electrons. The predicted octanol–water partition coefficient (Wildman–Crippen LogP) is 4.29. The fraction of sp³-hybridized carbons (Fsp3) is 0.250. The molecule has 0 saturated heterocycles. The van der Waals surface area contributed by atoms with Gasteiger partial charge in [-0.2, -0.15) is 0 Å². The number of ether oxygens (including phenoxy) is 1. The number of H-pyrrole nitrogens is 1. The van der Waals surface area contributed by atoms with Gasteiger partial charge < -0.3 is 15.0 Å². The van der Waals surface area contributed by atoms with E-state index in [0.717, 1.165) is 16.5 Å². The molecule has 0 atom stereocenters. The molecule has 0 aliphatic carbocycles. The van der Waals surface area contributed by atoms with Gasteiger partial charge in [-0.05, 0) is 29.8 Å². The van der Waals surface area contributed by atoms with Gasteiger partial charge in [-0.3, -0.25) is 4.79 Å². The third-order valence-electron chi connectivity index (χ3n) is 4.21. The first-order valence-corrected chi connectivity index (χ1v) is 8.55. The van der Waals surface area contributed by atoms with Crippen LogP contribution in [0.15, 0.2) is 54.7 Å². The first kappa shape index (κ1) is 17.4. The third-order valence-corrected chi connectivity index (χ3v) is 4.45. The number of carbonyl (C=O) groups is 1. The van der Waals surface area contributed by atoms with Crippen LogP contribution in [0, 0.1) is 0 Å². The largest absolute Gasteiger partial charge is 0.484 e. The predicted molar refractivity (Wildman–Crippen MR) is 101 cm³/mol. The van der Waals surface area contributed by atoms with Crippen LogP contribution in [0.3, 0.4) is 0 Å². The van der Waals surface area contributed by atoms with Crippen molar-refractivity contribution in [1.29, 1.82) is 0 Å². The molecule has 2 aromatic carbocycles. The van der Waals surface area contributed by atoms with Gasteiger partial charge in [0.15, 0.2) is 6.61 Å². The van der Waals surface area contributed by atoms with E-state index in [-0.39, 0.29) is 17.9 Å². The molecule has 25 heavy (non-hydrogen) atoms. The molecule has 130 valence electrons. The number of hydrogen-bond donors (Lipinski definition) is 2. The standard InChI is InChI=1S/C20H21ClN2O2/c1-20(2,17-11-22-18-10-14(21)8-9-16(17)18)13-23-19(24)12-25-15-6-4-3-5-7-15/h3-11,22H,12-13H2,1-2H3,(H,23,24). The average molecular weight is 357 g/mol. The summed E-state index contributed by atoms with van der Waals surface area (Å²) in [5.74, 6) is 0.547. The Balaban J connectivity index is 1.61. The lowest BCUT2D eigenvalue weighted by Gasteiger charge is -2.25. The molecule has 3 rings (SSSR count). The van der Waals surface area contributed by atoms with Gasteiger partial charge in [0.2, 0.25) is 0 Å². The number of aromatic nitrogens is 1. The lowest BCUT2D eigenvalue weighted by Crippen LogP contribution is -2.38. The van der Waals surface area contributed by atoms with Crippen molar-refractivity contribution in [2.45, 2.75) is 19.3 Å². The van der Waals surface area contributed by atoms with Crippen molar-refractivity contribution < 1.29 is 9.53 Å². The van der Waals surface area contributed by atoms with Crippen LogP contribution in [0.1, 0.15) is 19.4 Å². The Kier molecular flexibility index (Phi) is 5.00. The van der Waals surface area contributed by atoms with Crippen LogP contribution >= 0.6 is 11.6 Å². The molecule has 2 N–H and O–H groups in total. The van der Waals surface area contributed by atoms with Crippen LogP contribution in [0.5, 0.6) is 5.75 Å². The number of halogens is 1. The molecule has 4 nitrogen and oxygen atoms in total. The van der Waals surface area contributed by atoms with E-state index in [4.69, 9.17) is 16.3 Å². The van der Waals surface area contributed by atoms with Crippen LogP contribution < -0.4 is 10.1 Å². The van der Waals surface area contributed by atoms with Crippen LogP contribution in [0.2, 0.25) is 5.02 Å². The Bertz CT molecular complexity index is 872. The number of carbonyl (C=O) groups excluding carboxylic acids is 1. The summed E-state index contributed by atoms with van der Waals surface area (Å²) in [6, 6.07) is 15.1. The van der Waals surface area contributed by atoms with E-state index in [9.17, 15) is 4.79 Å². The van der Waals surface area contributed by atoms with Crippen LogP contribution in [0.4, 0.5) is 0 Å². The maximum Gasteiger partial charge on any atom is 0.257 e.